The summed E-state index contributed by atoms with van der Waals surface area (Å²) in [6, 6.07) is 0.363. The van der Waals surface area contributed by atoms with E-state index in [1.165, 1.54) is 0 Å². The first-order valence-electron chi connectivity index (χ1n) is 6.37. The first-order chi connectivity index (χ1) is 7.64. The lowest BCUT2D eigenvalue weighted by atomic mass is 10.1. The van der Waals surface area contributed by atoms with Crippen molar-refractivity contribution >= 4 is 10.0 Å². The Morgan fingerprint density at radius 2 is 2.06 bits per heavy atom. The normalized spacial score (nSPS) is 28.2. The minimum absolute atomic E-state index is 0.0579. The molecule has 1 N–H and O–H groups in total. The smallest absolute Gasteiger partial charge is 0.217 e. The van der Waals surface area contributed by atoms with Crippen LogP contribution in [0.2, 0.25) is 0 Å². The summed E-state index contributed by atoms with van der Waals surface area (Å²) in [7, 11) is -2.95. The Morgan fingerprint density at radius 3 is 2.69 bits per heavy atom. The molecule has 2 fully saturated rings. The summed E-state index contributed by atoms with van der Waals surface area (Å²) in [5.74, 6) is 0. The molecule has 0 amide bonds. The van der Waals surface area contributed by atoms with Gasteiger partial charge in [0.15, 0.2) is 0 Å². The van der Waals surface area contributed by atoms with Crippen LogP contribution in [0.25, 0.3) is 0 Å². The Balaban J connectivity index is 1.90. The molecule has 0 radical (unpaired) electrons. The summed E-state index contributed by atoms with van der Waals surface area (Å²) in [6.07, 6.45) is 4.94. The number of hydrogen-bond donors (Lipinski definition) is 1. The number of piperidine rings is 1. The molecule has 1 saturated carbocycles. The van der Waals surface area contributed by atoms with Gasteiger partial charge in [-0.25, -0.2) is 12.7 Å². The minimum atomic E-state index is -2.95. The lowest BCUT2D eigenvalue weighted by Crippen LogP contribution is -2.48. The van der Waals surface area contributed by atoms with Crippen molar-refractivity contribution in [2.75, 3.05) is 19.6 Å². The fourth-order valence-electron chi connectivity index (χ4n) is 2.27. The topological polar surface area (TPSA) is 49.4 Å². The van der Waals surface area contributed by atoms with Gasteiger partial charge < -0.3 is 5.32 Å². The van der Waals surface area contributed by atoms with Crippen LogP contribution in [0.15, 0.2) is 0 Å². The summed E-state index contributed by atoms with van der Waals surface area (Å²) in [5.41, 5.74) is 0. The first-order valence-corrected chi connectivity index (χ1v) is 7.87. The molecule has 0 aromatic carbocycles. The van der Waals surface area contributed by atoms with Crippen LogP contribution in [0.5, 0.6) is 0 Å². The van der Waals surface area contributed by atoms with Crippen molar-refractivity contribution in [3.8, 4) is 0 Å². The van der Waals surface area contributed by atoms with Gasteiger partial charge in [-0.3, -0.25) is 0 Å². The van der Waals surface area contributed by atoms with E-state index in [-0.39, 0.29) is 5.25 Å². The third kappa shape index (κ3) is 2.76. The molecule has 4 nitrogen and oxygen atoms in total. The maximum Gasteiger partial charge on any atom is 0.217 e. The van der Waals surface area contributed by atoms with Gasteiger partial charge in [0.05, 0.1) is 5.25 Å². The minimum Gasteiger partial charge on any atom is -0.313 e. The molecule has 0 aromatic rings. The second-order valence-electron chi connectivity index (χ2n) is 4.90. The van der Waals surface area contributed by atoms with Crippen molar-refractivity contribution < 1.29 is 8.42 Å². The number of rotatable bonds is 5. The summed E-state index contributed by atoms with van der Waals surface area (Å²) < 4.78 is 25.8. The average Bonchev–Trinajstić information content (AvgIpc) is 3.11. The summed E-state index contributed by atoms with van der Waals surface area (Å²) in [5, 5.41) is 3.37. The van der Waals surface area contributed by atoms with Crippen LogP contribution in [0.4, 0.5) is 0 Å². The molecule has 1 saturated heterocycles. The zero-order valence-electron chi connectivity index (χ0n) is 9.98. The van der Waals surface area contributed by atoms with E-state index in [0.29, 0.717) is 12.6 Å². The van der Waals surface area contributed by atoms with Gasteiger partial charge in [0.1, 0.15) is 0 Å². The molecular formula is C11H22N2O2S. The molecule has 0 bridgehead atoms. The van der Waals surface area contributed by atoms with E-state index in [0.717, 1.165) is 45.2 Å². The van der Waals surface area contributed by atoms with E-state index in [1.54, 1.807) is 4.31 Å². The zero-order valence-corrected chi connectivity index (χ0v) is 10.8. The molecule has 1 aliphatic carbocycles. The molecule has 0 aromatic heterocycles. The predicted octanol–water partition coefficient (Wildman–Crippen LogP) is 0.943. The summed E-state index contributed by atoms with van der Waals surface area (Å²) >= 11 is 0. The summed E-state index contributed by atoms with van der Waals surface area (Å²) in [4.78, 5) is 0. The van der Waals surface area contributed by atoms with E-state index in [2.05, 4.69) is 12.2 Å². The van der Waals surface area contributed by atoms with Crippen molar-refractivity contribution in [2.24, 2.45) is 0 Å². The van der Waals surface area contributed by atoms with E-state index < -0.39 is 10.0 Å². The van der Waals surface area contributed by atoms with Crippen molar-refractivity contribution in [2.45, 2.75) is 50.3 Å². The van der Waals surface area contributed by atoms with Crippen molar-refractivity contribution in [1.29, 1.82) is 0 Å². The molecule has 2 aliphatic rings. The molecule has 94 valence electrons. The van der Waals surface area contributed by atoms with E-state index in [1.807, 2.05) is 0 Å². The van der Waals surface area contributed by atoms with Gasteiger partial charge in [-0.1, -0.05) is 6.92 Å². The van der Waals surface area contributed by atoms with E-state index >= 15 is 0 Å². The quantitative estimate of drug-likeness (QED) is 0.785. The highest BCUT2D eigenvalue weighted by Gasteiger charge is 2.41. The zero-order chi connectivity index (χ0) is 11.6. The molecular weight excluding hydrogens is 224 g/mol. The van der Waals surface area contributed by atoms with Gasteiger partial charge in [0.2, 0.25) is 10.0 Å². The lowest BCUT2D eigenvalue weighted by molar-refractivity contribution is 0.283. The Bertz CT molecular complexity index is 325. The fourth-order valence-corrected chi connectivity index (χ4v) is 4.19. The van der Waals surface area contributed by atoms with Crippen LogP contribution in [0.1, 0.15) is 39.0 Å². The maximum absolute atomic E-state index is 12.1. The van der Waals surface area contributed by atoms with Gasteiger partial charge in [0, 0.05) is 19.1 Å². The molecule has 16 heavy (non-hydrogen) atoms. The molecule has 2 rings (SSSR count). The van der Waals surface area contributed by atoms with Gasteiger partial charge in [-0.05, 0) is 38.6 Å². The first kappa shape index (κ1) is 12.3. The Kier molecular flexibility index (Phi) is 3.87. The Hall–Kier alpha value is -0.130. The van der Waals surface area contributed by atoms with Gasteiger partial charge in [-0.2, -0.15) is 0 Å². The largest absolute Gasteiger partial charge is 0.313 e. The summed E-state index contributed by atoms with van der Waals surface area (Å²) in [6.45, 7) is 4.53. The van der Waals surface area contributed by atoms with E-state index in [9.17, 15) is 8.42 Å². The second kappa shape index (κ2) is 5.02. The van der Waals surface area contributed by atoms with Crippen molar-refractivity contribution in [3.05, 3.63) is 0 Å². The number of sulfonamides is 1. The van der Waals surface area contributed by atoms with Gasteiger partial charge in [0.25, 0.3) is 0 Å². The third-order valence-corrected chi connectivity index (χ3v) is 5.74. The molecule has 1 aliphatic heterocycles. The van der Waals surface area contributed by atoms with Crippen LogP contribution in [0, 0.1) is 0 Å². The second-order valence-corrected chi connectivity index (χ2v) is 7.11. The molecule has 1 atom stereocenters. The Morgan fingerprint density at radius 1 is 1.31 bits per heavy atom. The predicted molar refractivity (Wildman–Crippen MR) is 64.8 cm³/mol. The molecule has 1 unspecified atom stereocenters. The maximum atomic E-state index is 12.1. The number of nitrogens with zero attached hydrogens (tertiary/aromatic N) is 1. The number of nitrogens with one attached hydrogen (secondary N) is 1. The Labute approximate surface area is 98.4 Å². The molecule has 0 spiro atoms. The van der Waals surface area contributed by atoms with Crippen molar-refractivity contribution in [1.82, 2.24) is 9.62 Å². The van der Waals surface area contributed by atoms with Crippen LogP contribution in [-0.2, 0) is 10.0 Å². The van der Waals surface area contributed by atoms with Crippen LogP contribution < -0.4 is 5.32 Å². The van der Waals surface area contributed by atoms with Gasteiger partial charge >= 0.3 is 0 Å². The monoisotopic (exact) mass is 246 g/mol. The average molecular weight is 246 g/mol. The van der Waals surface area contributed by atoms with Crippen molar-refractivity contribution in [3.63, 3.8) is 0 Å². The highest BCUT2D eigenvalue weighted by molar-refractivity contribution is 7.90. The molecule has 5 heteroatoms. The lowest BCUT2D eigenvalue weighted by Gasteiger charge is -2.32. The highest BCUT2D eigenvalue weighted by Crippen LogP contribution is 2.32. The van der Waals surface area contributed by atoms with Crippen LogP contribution >= 0.6 is 0 Å². The molecule has 1 heterocycles. The fraction of sp³-hybridized carbons (Fsp3) is 1.00. The van der Waals surface area contributed by atoms with Gasteiger partial charge in [-0.15, -0.1) is 0 Å². The van der Waals surface area contributed by atoms with E-state index in [4.69, 9.17) is 0 Å². The van der Waals surface area contributed by atoms with Crippen LogP contribution in [0.3, 0.4) is 0 Å². The number of hydrogen-bond acceptors (Lipinski definition) is 3. The van der Waals surface area contributed by atoms with Crippen LogP contribution in [-0.4, -0.2) is 43.6 Å². The standard InChI is InChI=1S/C11H22N2O2S/c1-2-7-12-10-4-3-8-13(9-10)16(14,15)11-5-6-11/h10-12H,2-9H2,1H3. The SMILES string of the molecule is CCCNC1CCCN(S(=O)(=O)C2CC2)C1. The third-order valence-electron chi connectivity index (χ3n) is 3.37. The highest BCUT2D eigenvalue weighted by atomic mass is 32.2.